The Morgan fingerprint density at radius 3 is 2.57 bits per heavy atom. The lowest BCUT2D eigenvalue weighted by molar-refractivity contribution is -0.124. The van der Waals surface area contributed by atoms with Gasteiger partial charge in [-0.3, -0.25) is 4.79 Å². The first-order valence-corrected chi connectivity index (χ1v) is 7.83. The average molecular weight is 286 g/mol. The number of aromatic amines is 1. The van der Waals surface area contributed by atoms with Gasteiger partial charge in [0.15, 0.2) is 5.78 Å². The van der Waals surface area contributed by atoms with Gasteiger partial charge in [0.2, 0.25) is 0 Å². The van der Waals surface area contributed by atoms with Crippen LogP contribution in [0.4, 0.5) is 0 Å². The van der Waals surface area contributed by atoms with E-state index < -0.39 is 0 Å². The summed E-state index contributed by atoms with van der Waals surface area (Å²) < 4.78 is 0. The van der Waals surface area contributed by atoms with E-state index in [2.05, 4.69) is 48.5 Å². The van der Waals surface area contributed by atoms with Crippen molar-refractivity contribution in [3.05, 3.63) is 36.0 Å². The van der Waals surface area contributed by atoms with E-state index in [1.807, 2.05) is 19.9 Å². The molecule has 1 aromatic carbocycles. The molecule has 0 bridgehead atoms. The summed E-state index contributed by atoms with van der Waals surface area (Å²) in [7, 11) is 0. The highest BCUT2D eigenvalue weighted by Gasteiger charge is 2.21. The Balaban J connectivity index is 2.09. The Morgan fingerprint density at radius 1 is 1.19 bits per heavy atom. The number of hydrogen-bond acceptors (Lipinski definition) is 2. The van der Waals surface area contributed by atoms with Gasteiger partial charge in [0.25, 0.3) is 0 Å². The lowest BCUT2D eigenvalue weighted by Gasteiger charge is -2.21. The number of ketones is 1. The van der Waals surface area contributed by atoms with Gasteiger partial charge in [0, 0.05) is 29.1 Å². The molecule has 0 fully saturated rings. The minimum atomic E-state index is -0.0568. The topological polar surface area (TPSA) is 44.9 Å². The summed E-state index contributed by atoms with van der Waals surface area (Å²) in [5.74, 6) is 0.382. The number of hydrogen-bond donors (Lipinski definition) is 2. The van der Waals surface area contributed by atoms with Crippen molar-refractivity contribution in [3.63, 3.8) is 0 Å². The fourth-order valence-electron chi connectivity index (χ4n) is 2.75. The van der Waals surface area contributed by atoms with Crippen LogP contribution in [0, 0.1) is 5.92 Å². The first kappa shape index (κ1) is 15.8. The Labute approximate surface area is 127 Å². The minimum Gasteiger partial charge on any atom is -0.361 e. The molecule has 2 aromatic rings. The van der Waals surface area contributed by atoms with Crippen molar-refractivity contribution in [3.8, 4) is 0 Å². The van der Waals surface area contributed by atoms with Crippen LogP contribution in [-0.4, -0.2) is 22.9 Å². The van der Waals surface area contributed by atoms with Gasteiger partial charge in [0.1, 0.15) is 0 Å². The van der Waals surface area contributed by atoms with Gasteiger partial charge < -0.3 is 10.3 Å². The Hall–Kier alpha value is -1.61. The molecule has 0 aliphatic carbocycles. The third-order valence-corrected chi connectivity index (χ3v) is 3.82. The normalized spacial score (nSPS) is 13.2. The van der Waals surface area contributed by atoms with Crippen LogP contribution in [0.15, 0.2) is 30.5 Å². The molecule has 2 rings (SSSR count). The van der Waals surface area contributed by atoms with Crippen molar-refractivity contribution < 1.29 is 4.79 Å². The molecule has 0 unspecified atom stereocenters. The molecule has 2 N–H and O–H groups in total. The summed E-state index contributed by atoms with van der Waals surface area (Å²) in [6.07, 6.45) is 3.82. The molecule has 1 heterocycles. The molecule has 114 valence electrons. The molecule has 3 nitrogen and oxygen atoms in total. The highest BCUT2D eigenvalue weighted by atomic mass is 16.1. The van der Waals surface area contributed by atoms with Crippen LogP contribution < -0.4 is 5.32 Å². The van der Waals surface area contributed by atoms with E-state index in [0.29, 0.717) is 11.8 Å². The fraction of sp³-hybridized carbons (Fsp3) is 0.500. The molecule has 0 saturated carbocycles. The van der Waals surface area contributed by atoms with Crippen molar-refractivity contribution in [1.29, 1.82) is 0 Å². The van der Waals surface area contributed by atoms with Crippen molar-refractivity contribution in [1.82, 2.24) is 10.3 Å². The SMILES string of the molecule is CC(C)N[C@@H](CCc1c[nH]c2ccccc12)C(=O)C(C)C. The summed E-state index contributed by atoms with van der Waals surface area (Å²) in [4.78, 5) is 15.6. The lowest BCUT2D eigenvalue weighted by Crippen LogP contribution is -2.43. The number of carbonyl (C=O) groups excluding carboxylic acids is 1. The Bertz CT molecular complexity index is 598. The highest BCUT2D eigenvalue weighted by Crippen LogP contribution is 2.20. The van der Waals surface area contributed by atoms with E-state index in [1.54, 1.807) is 0 Å². The summed E-state index contributed by atoms with van der Waals surface area (Å²) >= 11 is 0. The number of carbonyl (C=O) groups is 1. The van der Waals surface area contributed by atoms with Crippen LogP contribution in [0.1, 0.15) is 39.7 Å². The number of para-hydroxylation sites is 1. The van der Waals surface area contributed by atoms with Crippen LogP contribution >= 0.6 is 0 Å². The first-order chi connectivity index (χ1) is 9.99. The predicted molar refractivity (Wildman–Crippen MR) is 88.5 cm³/mol. The molecule has 0 saturated heterocycles. The minimum absolute atomic E-state index is 0.0568. The quantitative estimate of drug-likeness (QED) is 0.815. The van der Waals surface area contributed by atoms with Crippen LogP contribution in [-0.2, 0) is 11.2 Å². The molecule has 1 aromatic heterocycles. The van der Waals surface area contributed by atoms with Crippen LogP contribution in [0.2, 0.25) is 0 Å². The van der Waals surface area contributed by atoms with Crippen molar-refractivity contribution in [2.75, 3.05) is 0 Å². The fourth-order valence-corrected chi connectivity index (χ4v) is 2.75. The van der Waals surface area contributed by atoms with E-state index in [4.69, 9.17) is 0 Å². The van der Waals surface area contributed by atoms with Gasteiger partial charge in [0.05, 0.1) is 6.04 Å². The van der Waals surface area contributed by atoms with Crippen molar-refractivity contribution in [2.45, 2.75) is 52.6 Å². The van der Waals surface area contributed by atoms with Crippen molar-refractivity contribution >= 4 is 16.7 Å². The Morgan fingerprint density at radius 2 is 1.90 bits per heavy atom. The van der Waals surface area contributed by atoms with Gasteiger partial charge in [-0.2, -0.15) is 0 Å². The zero-order valence-electron chi connectivity index (χ0n) is 13.4. The van der Waals surface area contributed by atoms with Crippen LogP contribution in [0.5, 0.6) is 0 Å². The second-order valence-electron chi connectivity index (χ2n) is 6.33. The summed E-state index contributed by atoms with van der Waals surface area (Å²) in [5, 5.41) is 4.67. The molecule has 21 heavy (non-hydrogen) atoms. The average Bonchev–Trinajstić information content (AvgIpc) is 2.85. The first-order valence-electron chi connectivity index (χ1n) is 7.83. The largest absolute Gasteiger partial charge is 0.361 e. The maximum atomic E-state index is 12.3. The molecule has 0 aliphatic rings. The summed E-state index contributed by atoms with van der Waals surface area (Å²) in [6, 6.07) is 8.58. The highest BCUT2D eigenvalue weighted by molar-refractivity contribution is 5.86. The molecule has 0 aliphatic heterocycles. The lowest BCUT2D eigenvalue weighted by atomic mass is 9.95. The molecular formula is C18H26N2O. The standard InChI is InChI=1S/C18H26N2O/c1-12(2)18(21)17(20-13(3)4)10-9-14-11-19-16-8-6-5-7-15(14)16/h5-8,11-13,17,19-20H,9-10H2,1-4H3/t17-/m0/s1. The molecule has 0 spiro atoms. The predicted octanol–water partition coefficient (Wildman–Crippen LogP) is 3.69. The maximum Gasteiger partial charge on any atom is 0.152 e. The molecule has 0 radical (unpaired) electrons. The zero-order valence-corrected chi connectivity index (χ0v) is 13.4. The van der Waals surface area contributed by atoms with Gasteiger partial charge >= 0.3 is 0 Å². The van der Waals surface area contributed by atoms with Gasteiger partial charge in [-0.15, -0.1) is 0 Å². The van der Waals surface area contributed by atoms with Crippen molar-refractivity contribution in [2.24, 2.45) is 5.92 Å². The third kappa shape index (κ3) is 3.94. The van der Waals surface area contributed by atoms with Gasteiger partial charge in [-0.25, -0.2) is 0 Å². The van der Waals surface area contributed by atoms with E-state index in [0.717, 1.165) is 18.4 Å². The van der Waals surface area contributed by atoms with E-state index >= 15 is 0 Å². The molecule has 1 atom stereocenters. The smallest absolute Gasteiger partial charge is 0.152 e. The van der Waals surface area contributed by atoms with Crippen LogP contribution in [0.3, 0.4) is 0 Å². The monoisotopic (exact) mass is 286 g/mol. The number of H-pyrrole nitrogens is 1. The second-order valence-corrected chi connectivity index (χ2v) is 6.33. The molecule has 0 amide bonds. The third-order valence-electron chi connectivity index (χ3n) is 3.82. The number of fused-ring (bicyclic) bond motifs is 1. The van der Waals surface area contributed by atoms with Crippen LogP contribution in [0.25, 0.3) is 10.9 Å². The van der Waals surface area contributed by atoms with E-state index in [9.17, 15) is 4.79 Å². The van der Waals surface area contributed by atoms with Gasteiger partial charge in [-0.1, -0.05) is 45.9 Å². The number of rotatable bonds is 7. The number of nitrogens with one attached hydrogen (secondary N) is 2. The van der Waals surface area contributed by atoms with E-state index in [-0.39, 0.29) is 12.0 Å². The summed E-state index contributed by atoms with van der Waals surface area (Å²) in [5.41, 5.74) is 2.45. The molecular weight excluding hydrogens is 260 g/mol. The number of aryl methyl sites for hydroxylation is 1. The molecule has 3 heteroatoms. The maximum absolute atomic E-state index is 12.3. The van der Waals surface area contributed by atoms with E-state index in [1.165, 1.54) is 10.9 Å². The number of benzene rings is 1. The van der Waals surface area contributed by atoms with Gasteiger partial charge in [-0.05, 0) is 24.5 Å². The zero-order chi connectivity index (χ0) is 15.4. The Kier molecular flexibility index (Phi) is 5.18. The number of Topliss-reactive ketones (excluding diaryl/α,β-unsaturated/α-hetero) is 1. The number of aromatic nitrogens is 1. The second kappa shape index (κ2) is 6.90. The summed E-state index contributed by atoms with van der Waals surface area (Å²) in [6.45, 7) is 8.13.